The standard InChI is InChI=1S/C12H14N4O2/c1-3-18-12(17)11-14-10(16(2)15-11)8-9-4-6-13-7-5-9/h4-7H,3,8H2,1-2H3. The lowest BCUT2D eigenvalue weighted by Crippen LogP contribution is -2.07. The molecule has 0 amide bonds. The number of aryl methyl sites for hydroxylation is 1. The quantitative estimate of drug-likeness (QED) is 0.752. The summed E-state index contributed by atoms with van der Waals surface area (Å²) in [7, 11) is 1.76. The Bertz CT molecular complexity index is 536. The minimum atomic E-state index is -0.492. The number of nitrogens with zero attached hydrogens (tertiary/aromatic N) is 4. The molecule has 0 aliphatic heterocycles. The molecular formula is C12H14N4O2. The summed E-state index contributed by atoms with van der Waals surface area (Å²) >= 11 is 0. The lowest BCUT2D eigenvalue weighted by Gasteiger charge is -1.99. The number of pyridine rings is 1. The maximum absolute atomic E-state index is 11.5. The Labute approximate surface area is 105 Å². The van der Waals surface area contributed by atoms with Gasteiger partial charge in [0.25, 0.3) is 5.82 Å². The molecule has 2 heterocycles. The number of esters is 1. The minimum absolute atomic E-state index is 0.100. The highest BCUT2D eigenvalue weighted by Gasteiger charge is 2.15. The van der Waals surface area contributed by atoms with E-state index in [0.717, 1.165) is 5.56 Å². The predicted octanol–water partition coefficient (Wildman–Crippen LogP) is 0.978. The molecule has 2 aromatic heterocycles. The molecule has 0 radical (unpaired) electrons. The van der Waals surface area contributed by atoms with Crippen molar-refractivity contribution in [2.75, 3.05) is 6.61 Å². The summed E-state index contributed by atoms with van der Waals surface area (Å²) in [5.74, 6) is 0.321. The van der Waals surface area contributed by atoms with Crippen molar-refractivity contribution in [3.63, 3.8) is 0 Å². The second-order valence-electron chi connectivity index (χ2n) is 3.73. The highest BCUT2D eigenvalue weighted by Crippen LogP contribution is 2.06. The number of hydrogen-bond acceptors (Lipinski definition) is 5. The second kappa shape index (κ2) is 5.39. The van der Waals surface area contributed by atoms with Crippen molar-refractivity contribution in [3.05, 3.63) is 41.7 Å². The largest absolute Gasteiger partial charge is 0.460 e. The SMILES string of the molecule is CCOC(=O)c1nc(Cc2ccncc2)n(C)n1. The average Bonchev–Trinajstić information content (AvgIpc) is 2.73. The smallest absolute Gasteiger partial charge is 0.378 e. The number of carbonyl (C=O) groups excluding carboxylic acids is 1. The Morgan fingerprint density at radius 2 is 2.11 bits per heavy atom. The third-order valence-corrected chi connectivity index (χ3v) is 2.42. The Morgan fingerprint density at radius 3 is 2.78 bits per heavy atom. The summed E-state index contributed by atoms with van der Waals surface area (Å²) in [6.07, 6.45) is 4.04. The maximum atomic E-state index is 11.5. The van der Waals surface area contributed by atoms with E-state index < -0.39 is 5.97 Å². The molecule has 0 unspecified atom stereocenters. The van der Waals surface area contributed by atoms with Gasteiger partial charge in [0.15, 0.2) is 0 Å². The van der Waals surface area contributed by atoms with Gasteiger partial charge in [-0.2, -0.15) is 0 Å². The summed E-state index contributed by atoms with van der Waals surface area (Å²) < 4.78 is 6.45. The Hall–Kier alpha value is -2.24. The molecule has 0 bridgehead atoms. The normalized spacial score (nSPS) is 10.3. The molecule has 6 heteroatoms. The molecule has 0 atom stereocenters. The summed E-state index contributed by atoms with van der Waals surface area (Å²) in [6.45, 7) is 2.06. The fraction of sp³-hybridized carbons (Fsp3) is 0.333. The Morgan fingerprint density at radius 1 is 1.39 bits per heavy atom. The van der Waals surface area contributed by atoms with Gasteiger partial charge in [0.05, 0.1) is 6.61 Å². The van der Waals surface area contributed by atoms with E-state index in [2.05, 4.69) is 15.1 Å². The first-order valence-corrected chi connectivity index (χ1v) is 5.66. The number of rotatable bonds is 4. The Kier molecular flexibility index (Phi) is 3.66. The summed E-state index contributed by atoms with van der Waals surface area (Å²) in [5, 5.41) is 4.04. The highest BCUT2D eigenvalue weighted by atomic mass is 16.5. The van der Waals surface area contributed by atoms with Crippen LogP contribution in [0.2, 0.25) is 0 Å². The van der Waals surface area contributed by atoms with Gasteiger partial charge in [-0.3, -0.25) is 9.67 Å². The fourth-order valence-electron chi connectivity index (χ4n) is 1.54. The first-order chi connectivity index (χ1) is 8.70. The molecule has 0 spiro atoms. The van der Waals surface area contributed by atoms with Crippen molar-refractivity contribution in [3.8, 4) is 0 Å². The van der Waals surface area contributed by atoms with Gasteiger partial charge >= 0.3 is 5.97 Å². The first kappa shape index (κ1) is 12.2. The van der Waals surface area contributed by atoms with Gasteiger partial charge in [-0.05, 0) is 24.6 Å². The molecule has 6 nitrogen and oxygen atoms in total. The number of ether oxygens (including phenoxy) is 1. The van der Waals surface area contributed by atoms with E-state index in [1.54, 1.807) is 31.0 Å². The van der Waals surface area contributed by atoms with Crippen molar-refractivity contribution in [2.45, 2.75) is 13.3 Å². The highest BCUT2D eigenvalue weighted by molar-refractivity contribution is 5.84. The molecule has 18 heavy (non-hydrogen) atoms. The van der Waals surface area contributed by atoms with E-state index in [-0.39, 0.29) is 5.82 Å². The molecule has 0 aromatic carbocycles. The van der Waals surface area contributed by atoms with Gasteiger partial charge in [-0.25, -0.2) is 9.78 Å². The van der Waals surface area contributed by atoms with E-state index in [0.29, 0.717) is 18.9 Å². The van der Waals surface area contributed by atoms with Gasteiger partial charge < -0.3 is 4.74 Å². The predicted molar refractivity (Wildman–Crippen MR) is 64.0 cm³/mol. The van der Waals surface area contributed by atoms with Gasteiger partial charge in [0.2, 0.25) is 0 Å². The van der Waals surface area contributed by atoms with Crippen molar-refractivity contribution in [1.82, 2.24) is 19.7 Å². The zero-order valence-corrected chi connectivity index (χ0v) is 10.3. The average molecular weight is 246 g/mol. The van der Waals surface area contributed by atoms with Crippen molar-refractivity contribution < 1.29 is 9.53 Å². The topological polar surface area (TPSA) is 69.9 Å². The second-order valence-corrected chi connectivity index (χ2v) is 3.73. The molecular weight excluding hydrogens is 232 g/mol. The van der Waals surface area contributed by atoms with Crippen LogP contribution < -0.4 is 0 Å². The van der Waals surface area contributed by atoms with Crippen LogP contribution in [0.1, 0.15) is 28.9 Å². The lowest BCUT2D eigenvalue weighted by molar-refractivity contribution is 0.0512. The zero-order chi connectivity index (χ0) is 13.0. The van der Waals surface area contributed by atoms with Crippen LogP contribution in [-0.2, 0) is 18.2 Å². The lowest BCUT2D eigenvalue weighted by atomic mass is 10.2. The number of hydrogen-bond donors (Lipinski definition) is 0. The van der Waals surface area contributed by atoms with Crippen LogP contribution in [0.15, 0.2) is 24.5 Å². The van der Waals surface area contributed by atoms with Crippen molar-refractivity contribution in [2.24, 2.45) is 7.05 Å². The molecule has 2 rings (SSSR count). The van der Waals surface area contributed by atoms with Crippen LogP contribution in [0, 0.1) is 0 Å². The summed E-state index contributed by atoms with van der Waals surface area (Å²) in [4.78, 5) is 19.6. The molecule has 0 aliphatic carbocycles. The van der Waals surface area contributed by atoms with E-state index in [1.165, 1.54) is 0 Å². The van der Waals surface area contributed by atoms with E-state index >= 15 is 0 Å². The fourth-order valence-corrected chi connectivity index (χ4v) is 1.54. The van der Waals surface area contributed by atoms with Gasteiger partial charge in [-0.15, -0.1) is 5.10 Å². The van der Waals surface area contributed by atoms with Crippen molar-refractivity contribution in [1.29, 1.82) is 0 Å². The van der Waals surface area contributed by atoms with E-state index in [1.807, 2.05) is 12.1 Å². The van der Waals surface area contributed by atoms with E-state index in [9.17, 15) is 4.79 Å². The van der Waals surface area contributed by atoms with Gasteiger partial charge in [0.1, 0.15) is 5.82 Å². The molecule has 2 aromatic rings. The minimum Gasteiger partial charge on any atom is -0.460 e. The third-order valence-electron chi connectivity index (χ3n) is 2.42. The molecule has 0 aliphatic rings. The molecule has 0 saturated heterocycles. The molecule has 0 fully saturated rings. The molecule has 94 valence electrons. The van der Waals surface area contributed by atoms with Crippen LogP contribution in [0.4, 0.5) is 0 Å². The van der Waals surface area contributed by atoms with Crippen LogP contribution in [0.3, 0.4) is 0 Å². The molecule has 0 N–H and O–H groups in total. The monoisotopic (exact) mass is 246 g/mol. The van der Waals surface area contributed by atoms with Crippen LogP contribution in [0.5, 0.6) is 0 Å². The maximum Gasteiger partial charge on any atom is 0.378 e. The number of aromatic nitrogens is 4. The van der Waals surface area contributed by atoms with Crippen LogP contribution in [0.25, 0.3) is 0 Å². The van der Waals surface area contributed by atoms with E-state index in [4.69, 9.17) is 4.74 Å². The van der Waals surface area contributed by atoms with Crippen molar-refractivity contribution >= 4 is 5.97 Å². The third kappa shape index (κ3) is 2.71. The zero-order valence-electron chi connectivity index (χ0n) is 10.3. The number of carbonyl (C=O) groups is 1. The van der Waals surface area contributed by atoms with Crippen LogP contribution in [-0.4, -0.2) is 32.3 Å². The summed E-state index contributed by atoms with van der Waals surface area (Å²) in [5.41, 5.74) is 1.07. The molecule has 0 saturated carbocycles. The van der Waals surface area contributed by atoms with Gasteiger partial charge in [-0.1, -0.05) is 0 Å². The van der Waals surface area contributed by atoms with Crippen LogP contribution >= 0.6 is 0 Å². The summed E-state index contributed by atoms with van der Waals surface area (Å²) in [6, 6.07) is 3.80. The first-order valence-electron chi connectivity index (χ1n) is 5.66. The van der Waals surface area contributed by atoms with Gasteiger partial charge in [0, 0.05) is 25.9 Å². The Balaban J connectivity index is 2.17.